The molecule has 1 aromatic rings. The molecule has 0 aromatic heterocycles. The summed E-state index contributed by atoms with van der Waals surface area (Å²) in [6.07, 6.45) is 0.843. The maximum absolute atomic E-state index is 12.5. The van der Waals surface area contributed by atoms with Gasteiger partial charge in [0.05, 0.1) is 0 Å². The Bertz CT molecular complexity index is 508. The van der Waals surface area contributed by atoms with Crippen molar-refractivity contribution in [3.05, 3.63) is 35.4 Å². The van der Waals surface area contributed by atoms with Crippen LogP contribution in [0.4, 0.5) is 0 Å². The Labute approximate surface area is 126 Å². The van der Waals surface area contributed by atoms with Crippen molar-refractivity contribution in [1.82, 2.24) is 9.80 Å². The van der Waals surface area contributed by atoms with Crippen molar-refractivity contribution in [3.8, 4) is 0 Å². The van der Waals surface area contributed by atoms with Gasteiger partial charge in [-0.25, -0.2) is 0 Å². The third-order valence-corrected chi connectivity index (χ3v) is 4.05. The fourth-order valence-electron chi connectivity index (χ4n) is 2.63. The molecule has 1 fully saturated rings. The van der Waals surface area contributed by atoms with E-state index in [0.29, 0.717) is 25.6 Å². The number of benzene rings is 1. The first-order valence-corrected chi connectivity index (χ1v) is 7.64. The Morgan fingerprint density at radius 2 is 1.52 bits per heavy atom. The fraction of sp³-hybridized carbons (Fsp3) is 0.529. The SMILES string of the molecule is CC(=O)N1CCCN(C(=O)c2ccc(C(C)C)cc2)CC1. The van der Waals surface area contributed by atoms with E-state index in [0.717, 1.165) is 18.5 Å². The van der Waals surface area contributed by atoms with Gasteiger partial charge in [0.15, 0.2) is 0 Å². The quantitative estimate of drug-likeness (QED) is 0.839. The molecule has 4 heteroatoms. The summed E-state index contributed by atoms with van der Waals surface area (Å²) in [7, 11) is 0. The highest BCUT2D eigenvalue weighted by atomic mass is 16.2. The summed E-state index contributed by atoms with van der Waals surface area (Å²) in [5.41, 5.74) is 1.97. The zero-order valence-electron chi connectivity index (χ0n) is 13.1. The summed E-state index contributed by atoms with van der Waals surface area (Å²) < 4.78 is 0. The van der Waals surface area contributed by atoms with E-state index < -0.39 is 0 Å². The molecule has 0 bridgehead atoms. The van der Waals surface area contributed by atoms with Gasteiger partial charge < -0.3 is 9.80 Å². The molecule has 0 radical (unpaired) electrons. The Hall–Kier alpha value is -1.84. The first-order chi connectivity index (χ1) is 9.99. The van der Waals surface area contributed by atoms with E-state index in [-0.39, 0.29) is 11.8 Å². The second-order valence-corrected chi connectivity index (χ2v) is 5.93. The summed E-state index contributed by atoms with van der Waals surface area (Å²) in [5.74, 6) is 0.623. The Kier molecular flexibility index (Phi) is 4.99. The summed E-state index contributed by atoms with van der Waals surface area (Å²) >= 11 is 0. The van der Waals surface area contributed by atoms with Gasteiger partial charge in [-0.15, -0.1) is 0 Å². The van der Waals surface area contributed by atoms with Gasteiger partial charge in [-0.05, 0) is 30.0 Å². The van der Waals surface area contributed by atoms with Crippen LogP contribution in [-0.2, 0) is 4.79 Å². The van der Waals surface area contributed by atoms with Crippen LogP contribution in [0.15, 0.2) is 24.3 Å². The van der Waals surface area contributed by atoms with Gasteiger partial charge in [0.2, 0.25) is 5.91 Å². The van der Waals surface area contributed by atoms with Crippen LogP contribution in [0, 0.1) is 0 Å². The van der Waals surface area contributed by atoms with E-state index in [4.69, 9.17) is 0 Å². The fourth-order valence-corrected chi connectivity index (χ4v) is 2.63. The van der Waals surface area contributed by atoms with E-state index >= 15 is 0 Å². The van der Waals surface area contributed by atoms with Crippen molar-refractivity contribution >= 4 is 11.8 Å². The van der Waals surface area contributed by atoms with Gasteiger partial charge in [0.25, 0.3) is 5.91 Å². The van der Waals surface area contributed by atoms with E-state index in [1.54, 1.807) is 6.92 Å². The molecule has 1 aromatic carbocycles. The van der Waals surface area contributed by atoms with Crippen molar-refractivity contribution in [2.24, 2.45) is 0 Å². The number of carbonyl (C=O) groups excluding carboxylic acids is 2. The lowest BCUT2D eigenvalue weighted by molar-refractivity contribution is -0.128. The number of carbonyl (C=O) groups is 2. The molecule has 0 N–H and O–H groups in total. The highest BCUT2D eigenvalue weighted by Crippen LogP contribution is 2.16. The minimum absolute atomic E-state index is 0.0655. The average Bonchev–Trinajstić information content (AvgIpc) is 2.72. The lowest BCUT2D eigenvalue weighted by Gasteiger charge is -2.21. The summed E-state index contributed by atoms with van der Waals surface area (Å²) in [4.78, 5) is 27.6. The summed E-state index contributed by atoms with van der Waals surface area (Å²) in [5, 5.41) is 0. The van der Waals surface area contributed by atoms with Crippen molar-refractivity contribution < 1.29 is 9.59 Å². The Morgan fingerprint density at radius 1 is 0.952 bits per heavy atom. The molecular formula is C17H24N2O2. The molecule has 1 saturated heterocycles. The maximum Gasteiger partial charge on any atom is 0.253 e. The average molecular weight is 288 g/mol. The molecule has 4 nitrogen and oxygen atoms in total. The van der Waals surface area contributed by atoms with Crippen LogP contribution in [0.25, 0.3) is 0 Å². The normalized spacial score (nSPS) is 16.0. The third kappa shape index (κ3) is 3.84. The zero-order valence-corrected chi connectivity index (χ0v) is 13.1. The van der Waals surface area contributed by atoms with E-state index in [1.165, 1.54) is 5.56 Å². The van der Waals surface area contributed by atoms with Crippen LogP contribution in [0.2, 0.25) is 0 Å². The highest BCUT2D eigenvalue weighted by molar-refractivity contribution is 5.94. The number of rotatable bonds is 2. The van der Waals surface area contributed by atoms with Crippen LogP contribution in [0.5, 0.6) is 0 Å². The maximum atomic E-state index is 12.5. The molecule has 1 aliphatic heterocycles. The van der Waals surface area contributed by atoms with Crippen LogP contribution in [0.1, 0.15) is 49.0 Å². The molecule has 0 atom stereocenters. The van der Waals surface area contributed by atoms with Crippen LogP contribution in [0.3, 0.4) is 0 Å². The summed E-state index contributed by atoms with van der Waals surface area (Å²) in [6, 6.07) is 7.87. The van der Waals surface area contributed by atoms with Crippen molar-refractivity contribution in [2.75, 3.05) is 26.2 Å². The molecule has 2 amide bonds. The number of amides is 2. The molecular weight excluding hydrogens is 264 g/mol. The molecule has 0 aliphatic carbocycles. The molecule has 1 aliphatic rings. The molecule has 0 unspecified atom stereocenters. The molecule has 2 rings (SSSR count). The smallest absolute Gasteiger partial charge is 0.253 e. The van der Waals surface area contributed by atoms with Gasteiger partial charge in [0, 0.05) is 38.7 Å². The highest BCUT2D eigenvalue weighted by Gasteiger charge is 2.21. The second-order valence-electron chi connectivity index (χ2n) is 5.93. The minimum Gasteiger partial charge on any atom is -0.341 e. The van der Waals surface area contributed by atoms with Crippen LogP contribution >= 0.6 is 0 Å². The number of hydrogen-bond donors (Lipinski definition) is 0. The standard InChI is InChI=1S/C17H24N2O2/c1-13(2)15-5-7-16(8-6-15)17(21)19-10-4-9-18(11-12-19)14(3)20/h5-8,13H,4,9-12H2,1-3H3. The molecule has 0 spiro atoms. The number of hydrogen-bond acceptors (Lipinski definition) is 2. The predicted molar refractivity (Wildman–Crippen MR) is 83.3 cm³/mol. The van der Waals surface area contributed by atoms with Crippen molar-refractivity contribution in [1.29, 1.82) is 0 Å². The molecule has 114 valence electrons. The topological polar surface area (TPSA) is 40.6 Å². The van der Waals surface area contributed by atoms with Crippen molar-refractivity contribution in [2.45, 2.75) is 33.1 Å². The van der Waals surface area contributed by atoms with E-state index in [9.17, 15) is 9.59 Å². The lowest BCUT2D eigenvalue weighted by Crippen LogP contribution is -2.36. The van der Waals surface area contributed by atoms with Gasteiger partial charge >= 0.3 is 0 Å². The van der Waals surface area contributed by atoms with Gasteiger partial charge in [-0.1, -0.05) is 26.0 Å². The largest absolute Gasteiger partial charge is 0.341 e. The van der Waals surface area contributed by atoms with E-state index in [2.05, 4.69) is 13.8 Å². The zero-order chi connectivity index (χ0) is 15.4. The van der Waals surface area contributed by atoms with Crippen LogP contribution in [-0.4, -0.2) is 47.8 Å². The lowest BCUT2D eigenvalue weighted by atomic mass is 10.0. The van der Waals surface area contributed by atoms with E-state index in [1.807, 2.05) is 34.1 Å². The Morgan fingerprint density at radius 3 is 2.10 bits per heavy atom. The third-order valence-electron chi connectivity index (χ3n) is 4.05. The van der Waals surface area contributed by atoms with Crippen LogP contribution < -0.4 is 0 Å². The molecule has 21 heavy (non-hydrogen) atoms. The minimum atomic E-state index is 0.0655. The van der Waals surface area contributed by atoms with Gasteiger partial charge in [0.1, 0.15) is 0 Å². The van der Waals surface area contributed by atoms with Gasteiger partial charge in [-0.2, -0.15) is 0 Å². The van der Waals surface area contributed by atoms with Crippen molar-refractivity contribution in [3.63, 3.8) is 0 Å². The number of nitrogens with zero attached hydrogens (tertiary/aromatic N) is 2. The summed E-state index contributed by atoms with van der Waals surface area (Å²) in [6.45, 7) is 8.57. The first kappa shape index (κ1) is 15.5. The first-order valence-electron chi connectivity index (χ1n) is 7.64. The monoisotopic (exact) mass is 288 g/mol. The van der Waals surface area contributed by atoms with Gasteiger partial charge in [-0.3, -0.25) is 9.59 Å². The Balaban J connectivity index is 2.04. The second kappa shape index (κ2) is 6.74. The molecule has 1 heterocycles. The molecule has 0 saturated carbocycles. The predicted octanol–water partition coefficient (Wildman–Crippen LogP) is 2.50.